The SMILES string of the molecule is O=C1COCC(=O)N1Cc1cc(F)cc(C#CCO)c1. The van der Waals surface area contributed by atoms with Crippen molar-refractivity contribution in [3.63, 3.8) is 0 Å². The van der Waals surface area contributed by atoms with Gasteiger partial charge in [-0.05, 0) is 23.8 Å². The van der Waals surface area contributed by atoms with Crippen LogP contribution in [0.25, 0.3) is 0 Å². The molecule has 1 fully saturated rings. The second-order valence-electron chi connectivity index (χ2n) is 4.17. The third-order valence-corrected chi connectivity index (χ3v) is 2.66. The number of rotatable bonds is 2. The highest BCUT2D eigenvalue weighted by Crippen LogP contribution is 2.13. The van der Waals surface area contributed by atoms with Crippen LogP contribution >= 0.6 is 0 Å². The minimum atomic E-state index is -0.516. The maximum Gasteiger partial charge on any atom is 0.255 e. The van der Waals surface area contributed by atoms with E-state index in [1.807, 2.05) is 0 Å². The molecule has 1 aromatic rings. The van der Waals surface area contributed by atoms with Crippen molar-refractivity contribution in [2.75, 3.05) is 19.8 Å². The van der Waals surface area contributed by atoms with Crippen LogP contribution in [0.5, 0.6) is 0 Å². The van der Waals surface area contributed by atoms with Gasteiger partial charge in [-0.3, -0.25) is 14.5 Å². The van der Waals surface area contributed by atoms with Gasteiger partial charge in [0.25, 0.3) is 11.8 Å². The first-order chi connectivity index (χ1) is 9.60. The molecule has 5 nitrogen and oxygen atoms in total. The highest BCUT2D eigenvalue weighted by atomic mass is 19.1. The molecule has 20 heavy (non-hydrogen) atoms. The van der Waals surface area contributed by atoms with Gasteiger partial charge in [-0.15, -0.1) is 0 Å². The van der Waals surface area contributed by atoms with Crippen molar-refractivity contribution in [2.24, 2.45) is 0 Å². The van der Waals surface area contributed by atoms with E-state index in [0.717, 1.165) is 4.90 Å². The molecule has 2 rings (SSSR count). The summed E-state index contributed by atoms with van der Waals surface area (Å²) in [6.45, 7) is -0.657. The molecule has 0 radical (unpaired) electrons. The number of hydrogen-bond donors (Lipinski definition) is 1. The van der Waals surface area contributed by atoms with Gasteiger partial charge in [0, 0.05) is 5.56 Å². The zero-order valence-electron chi connectivity index (χ0n) is 10.6. The molecule has 0 atom stereocenters. The van der Waals surface area contributed by atoms with Crippen LogP contribution in [0.2, 0.25) is 0 Å². The number of ether oxygens (including phenoxy) is 1. The lowest BCUT2D eigenvalue weighted by molar-refractivity contribution is -0.159. The standard InChI is InChI=1S/C14H12FNO4/c15-12-5-10(2-1-3-17)4-11(6-12)7-16-13(18)8-20-9-14(16)19/h4-6,17H,3,7-9H2. The first-order valence-electron chi connectivity index (χ1n) is 5.90. The Labute approximate surface area is 115 Å². The zero-order valence-corrected chi connectivity index (χ0v) is 10.6. The quantitative estimate of drug-likeness (QED) is 0.613. The van der Waals surface area contributed by atoms with Crippen molar-refractivity contribution in [1.82, 2.24) is 4.90 Å². The predicted molar refractivity (Wildman–Crippen MR) is 66.7 cm³/mol. The zero-order chi connectivity index (χ0) is 14.5. The number of imide groups is 1. The summed E-state index contributed by atoms with van der Waals surface area (Å²) in [6, 6.07) is 4.02. The van der Waals surface area contributed by atoms with E-state index in [4.69, 9.17) is 9.84 Å². The van der Waals surface area contributed by atoms with Crippen molar-refractivity contribution in [3.05, 3.63) is 35.1 Å². The summed E-state index contributed by atoms with van der Waals surface area (Å²) in [6.07, 6.45) is 0. The van der Waals surface area contributed by atoms with Crippen LogP contribution in [-0.2, 0) is 20.9 Å². The normalized spacial score (nSPS) is 15.0. The van der Waals surface area contributed by atoms with Crippen LogP contribution in [0.4, 0.5) is 4.39 Å². The van der Waals surface area contributed by atoms with E-state index in [0.29, 0.717) is 11.1 Å². The molecule has 0 aromatic heterocycles. The molecule has 1 N–H and O–H groups in total. The molecule has 0 bridgehead atoms. The molecule has 0 spiro atoms. The van der Waals surface area contributed by atoms with E-state index in [-0.39, 0.29) is 26.4 Å². The molecular formula is C14H12FNO4. The van der Waals surface area contributed by atoms with Gasteiger partial charge in [-0.2, -0.15) is 0 Å². The van der Waals surface area contributed by atoms with Crippen LogP contribution in [-0.4, -0.2) is 41.6 Å². The van der Waals surface area contributed by atoms with E-state index < -0.39 is 17.6 Å². The number of amides is 2. The van der Waals surface area contributed by atoms with Crippen LogP contribution in [0.3, 0.4) is 0 Å². The maximum atomic E-state index is 13.5. The summed E-state index contributed by atoms with van der Waals surface area (Å²) in [5, 5.41) is 8.62. The first kappa shape index (κ1) is 14.2. The smallest absolute Gasteiger partial charge is 0.255 e. The Morgan fingerprint density at radius 2 is 1.95 bits per heavy atom. The Bertz CT molecular complexity index is 587. The average Bonchev–Trinajstić information content (AvgIpc) is 2.40. The summed E-state index contributed by atoms with van der Waals surface area (Å²) in [5.41, 5.74) is 0.832. The van der Waals surface area contributed by atoms with Crippen molar-refractivity contribution in [2.45, 2.75) is 6.54 Å². The molecular weight excluding hydrogens is 265 g/mol. The summed E-state index contributed by atoms with van der Waals surface area (Å²) < 4.78 is 18.3. The fourth-order valence-electron chi connectivity index (χ4n) is 1.83. The molecule has 0 unspecified atom stereocenters. The number of aliphatic hydroxyl groups excluding tert-OH is 1. The third kappa shape index (κ3) is 3.41. The van der Waals surface area contributed by atoms with Crippen LogP contribution in [0, 0.1) is 17.7 Å². The molecule has 0 aliphatic carbocycles. The lowest BCUT2D eigenvalue weighted by Crippen LogP contribution is -2.45. The van der Waals surface area contributed by atoms with Crippen molar-refractivity contribution in [3.8, 4) is 11.8 Å². The third-order valence-electron chi connectivity index (χ3n) is 2.66. The Hall–Kier alpha value is -2.23. The minimum absolute atomic E-state index is 0.0212. The Balaban J connectivity index is 2.22. The lowest BCUT2D eigenvalue weighted by Gasteiger charge is -2.24. The number of halogens is 1. The van der Waals surface area contributed by atoms with Gasteiger partial charge in [-0.25, -0.2) is 4.39 Å². The van der Waals surface area contributed by atoms with Crippen LogP contribution in [0.15, 0.2) is 18.2 Å². The first-order valence-corrected chi connectivity index (χ1v) is 5.90. The van der Waals surface area contributed by atoms with E-state index in [2.05, 4.69) is 11.8 Å². The minimum Gasteiger partial charge on any atom is -0.384 e. The van der Waals surface area contributed by atoms with Gasteiger partial charge < -0.3 is 9.84 Å². The molecule has 1 aliphatic rings. The van der Waals surface area contributed by atoms with Gasteiger partial charge in [0.15, 0.2) is 0 Å². The largest absolute Gasteiger partial charge is 0.384 e. The Morgan fingerprint density at radius 3 is 2.60 bits per heavy atom. The summed E-state index contributed by atoms with van der Waals surface area (Å²) in [5.74, 6) is 3.58. The second kappa shape index (κ2) is 6.28. The van der Waals surface area contributed by atoms with E-state index in [1.54, 1.807) is 6.07 Å². The Morgan fingerprint density at radius 1 is 1.25 bits per heavy atom. The number of aliphatic hydroxyl groups is 1. The highest BCUT2D eigenvalue weighted by molar-refractivity contribution is 5.98. The summed E-state index contributed by atoms with van der Waals surface area (Å²) in [7, 11) is 0. The van der Waals surface area contributed by atoms with Crippen molar-refractivity contribution < 1.29 is 23.8 Å². The number of benzene rings is 1. The summed E-state index contributed by atoms with van der Waals surface area (Å²) >= 11 is 0. The predicted octanol–water partition coefficient (Wildman–Crippen LogP) is 0.0549. The second-order valence-corrected chi connectivity index (χ2v) is 4.17. The molecule has 0 saturated carbocycles. The molecule has 1 saturated heterocycles. The summed E-state index contributed by atoms with van der Waals surface area (Å²) in [4.78, 5) is 24.2. The monoisotopic (exact) mass is 277 g/mol. The van der Waals surface area contributed by atoms with Crippen LogP contribution in [0.1, 0.15) is 11.1 Å². The fourth-order valence-corrected chi connectivity index (χ4v) is 1.83. The molecule has 6 heteroatoms. The number of morpholine rings is 1. The number of carbonyl (C=O) groups excluding carboxylic acids is 2. The number of hydrogen-bond acceptors (Lipinski definition) is 4. The molecule has 1 heterocycles. The highest BCUT2D eigenvalue weighted by Gasteiger charge is 2.26. The average molecular weight is 277 g/mol. The number of carbonyl (C=O) groups is 2. The van der Waals surface area contributed by atoms with Gasteiger partial charge in [0.2, 0.25) is 0 Å². The molecule has 1 aromatic carbocycles. The molecule has 1 aliphatic heterocycles. The van der Waals surface area contributed by atoms with Crippen LogP contribution < -0.4 is 0 Å². The Kier molecular flexibility index (Phi) is 4.45. The lowest BCUT2D eigenvalue weighted by atomic mass is 10.1. The van der Waals surface area contributed by atoms with E-state index in [1.165, 1.54) is 12.1 Å². The topological polar surface area (TPSA) is 66.8 Å². The van der Waals surface area contributed by atoms with E-state index >= 15 is 0 Å². The molecule has 2 amide bonds. The maximum absolute atomic E-state index is 13.5. The van der Waals surface area contributed by atoms with Gasteiger partial charge in [0.05, 0.1) is 6.54 Å². The van der Waals surface area contributed by atoms with Gasteiger partial charge in [0.1, 0.15) is 25.6 Å². The van der Waals surface area contributed by atoms with Crippen molar-refractivity contribution >= 4 is 11.8 Å². The van der Waals surface area contributed by atoms with Crippen molar-refractivity contribution in [1.29, 1.82) is 0 Å². The fraction of sp³-hybridized carbons (Fsp3) is 0.286. The number of nitrogens with zero attached hydrogens (tertiary/aromatic N) is 1. The van der Waals surface area contributed by atoms with Gasteiger partial charge in [-0.1, -0.05) is 11.8 Å². The van der Waals surface area contributed by atoms with E-state index in [9.17, 15) is 14.0 Å². The van der Waals surface area contributed by atoms with Gasteiger partial charge >= 0.3 is 0 Å². The molecule has 104 valence electrons.